The predicted octanol–water partition coefficient (Wildman–Crippen LogP) is 3.10. The van der Waals surface area contributed by atoms with Crippen molar-refractivity contribution in [1.82, 2.24) is 9.88 Å². The van der Waals surface area contributed by atoms with Crippen LogP contribution in [0.5, 0.6) is 0 Å². The molecule has 132 valence electrons. The van der Waals surface area contributed by atoms with Gasteiger partial charge in [0.2, 0.25) is 11.8 Å². The van der Waals surface area contributed by atoms with Crippen molar-refractivity contribution in [2.75, 3.05) is 19.7 Å². The number of amides is 1. The lowest BCUT2D eigenvalue weighted by atomic mass is 9.84. The Balaban J connectivity index is 1.40. The Morgan fingerprint density at radius 2 is 2.08 bits per heavy atom. The van der Waals surface area contributed by atoms with Gasteiger partial charge in [-0.05, 0) is 30.5 Å². The number of halogens is 1. The average molecular weight is 344 g/mol. The summed E-state index contributed by atoms with van der Waals surface area (Å²) in [5, 5.41) is 0. The molecule has 1 atom stereocenters. The molecule has 1 saturated carbocycles. The van der Waals surface area contributed by atoms with Crippen molar-refractivity contribution in [1.29, 1.82) is 0 Å². The van der Waals surface area contributed by atoms with Crippen molar-refractivity contribution in [2.24, 2.45) is 5.92 Å². The summed E-state index contributed by atoms with van der Waals surface area (Å²) in [6.07, 6.45) is 5.05. The van der Waals surface area contributed by atoms with Gasteiger partial charge in [0.15, 0.2) is 6.10 Å². The van der Waals surface area contributed by atoms with E-state index in [-0.39, 0.29) is 23.7 Å². The summed E-state index contributed by atoms with van der Waals surface area (Å²) in [7, 11) is 0. The van der Waals surface area contributed by atoms with Crippen molar-refractivity contribution in [2.45, 2.75) is 31.8 Å². The van der Waals surface area contributed by atoms with Gasteiger partial charge in [0.25, 0.3) is 0 Å². The highest BCUT2D eigenvalue weighted by Gasteiger charge is 2.34. The standard InChI is InChI=1S/C19H21FN2O3/c20-15-6-4-13(5-7-15)10-16-11-21-18(25-16)17-12-22(8-9-24-17)19(23)14-2-1-3-14/h4-7,11,14,17H,1-3,8-10,12H2. The Morgan fingerprint density at radius 3 is 2.80 bits per heavy atom. The van der Waals surface area contributed by atoms with Gasteiger partial charge < -0.3 is 14.1 Å². The Kier molecular flexibility index (Phi) is 4.53. The van der Waals surface area contributed by atoms with Crippen LogP contribution in [0.4, 0.5) is 4.39 Å². The molecule has 0 radical (unpaired) electrons. The van der Waals surface area contributed by atoms with Crippen LogP contribution in [0, 0.1) is 11.7 Å². The van der Waals surface area contributed by atoms with Crippen LogP contribution in [0.3, 0.4) is 0 Å². The molecule has 25 heavy (non-hydrogen) atoms. The minimum Gasteiger partial charge on any atom is -0.442 e. The summed E-state index contributed by atoms with van der Waals surface area (Å²) in [5.74, 6) is 1.37. The first kappa shape index (κ1) is 16.3. The van der Waals surface area contributed by atoms with E-state index in [1.54, 1.807) is 18.3 Å². The summed E-state index contributed by atoms with van der Waals surface area (Å²) >= 11 is 0. The first-order valence-electron chi connectivity index (χ1n) is 8.78. The number of nitrogens with zero attached hydrogens (tertiary/aromatic N) is 2. The molecule has 2 aliphatic rings. The summed E-state index contributed by atoms with van der Waals surface area (Å²) < 4.78 is 24.6. The lowest BCUT2D eigenvalue weighted by Gasteiger charge is -2.36. The second-order valence-electron chi connectivity index (χ2n) is 6.74. The van der Waals surface area contributed by atoms with Crippen molar-refractivity contribution in [3.63, 3.8) is 0 Å². The van der Waals surface area contributed by atoms with E-state index in [0.717, 1.165) is 24.8 Å². The summed E-state index contributed by atoms with van der Waals surface area (Å²) in [5.41, 5.74) is 0.954. The highest BCUT2D eigenvalue weighted by Crippen LogP contribution is 2.30. The second-order valence-corrected chi connectivity index (χ2v) is 6.74. The zero-order valence-corrected chi connectivity index (χ0v) is 14.0. The molecule has 2 heterocycles. The molecule has 0 bridgehead atoms. The fourth-order valence-corrected chi connectivity index (χ4v) is 3.27. The maximum atomic E-state index is 13.0. The van der Waals surface area contributed by atoms with Gasteiger partial charge in [0, 0.05) is 18.9 Å². The van der Waals surface area contributed by atoms with Gasteiger partial charge >= 0.3 is 0 Å². The van der Waals surface area contributed by atoms with Crippen LogP contribution in [0.1, 0.15) is 42.6 Å². The lowest BCUT2D eigenvalue weighted by Crippen LogP contribution is -2.46. The third kappa shape index (κ3) is 3.58. The van der Waals surface area contributed by atoms with E-state index >= 15 is 0 Å². The van der Waals surface area contributed by atoms with Crippen LogP contribution in [0.25, 0.3) is 0 Å². The fourth-order valence-electron chi connectivity index (χ4n) is 3.27. The highest BCUT2D eigenvalue weighted by molar-refractivity contribution is 5.79. The van der Waals surface area contributed by atoms with Crippen molar-refractivity contribution in [3.05, 3.63) is 53.5 Å². The summed E-state index contributed by atoms with van der Waals surface area (Å²) in [4.78, 5) is 18.6. The van der Waals surface area contributed by atoms with E-state index in [4.69, 9.17) is 9.15 Å². The minimum absolute atomic E-state index is 0.192. The number of hydrogen-bond donors (Lipinski definition) is 0. The molecule has 1 unspecified atom stereocenters. The van der Waals surface area contributed by atoms with Gasteiger partial charge in [-0.15, -0.1) is 0 Å². The number of rotatable bonds is 4. The van der Waals surface area contributed by atoms with Crippen LogP contribution in [0.15, 0.2) is 34.9 Å². The third-order valence-electron chi connectivity index (χ3n) is 4.97. The van der Waals surface area contributed by atoms with Crippen molar-refractivity contribution >= 4 is 5.91 Å². The van der Waals surface area contributed by atoms with Crippen molar-refractivity contribution < 1.29 is 18.3 Å². The molecule has 2 fully saturated rings. The zero-order chi connectivity index (χ0) is 17.2. The molecule has 5 nitrogen and oxygen atoms in total. The number of morpholine rings is 1. The van der Waals surface area contributed by atoms with E-state index in [1.165, 1.54) is 12.1 Å². The zero-order valence-electron chi connectivity index (χ0n) is 14.0. The number of hydrogen-bond acceptors (Lipinski definition) is 4. The van der Waals surface area contributed by atoms with E-state index in [9.17, 15) is 9.18 Å². The molecule has 0 spiro atoms. The van der Waals surface area contributed by atoms with Crippen LogP contribution < -0.4 is 0 Å². The first-order valence-corrected chi connectivity index (χ1v) is 8.78. The topological polar surface area (TPSA) is 55.6 Å². The number of carbonyl (C=O) groups is 1. The first-order chi connectivity index (χ1) is 12.2. The van der Waals surface area contributed by atoms with Gasteiger partial charge in [-0.1, -0.05) is 18.6 Å². The van der Waals surface area contributed by atoms with E-state index in [0.29, 0.717) is 37.8 Å². The van der Waals surface area contributed by atoms with Gasteiger partial charge in [-0.25, -0.2) is 9.37 Å². The van der Waals surface area contributed by atoms with E-state index < -0.39 is 0 Å². The molecule has 1 amide bonds. The number of benzene rings is 1. The molecular weight excluding hydrogens is 323 g/mol. The maximum absolute atomic E-state index is 13.0. The number of oxazole rings is 1. The monoisotopic (exact) mass is 344 g/mol. The van der Waals surface area contributed by atoms with Gasteiger partial charge in [-0.2, -0.15) is 0 Å². The van der Waals surface area contributed by atoms with Gasteiger partial charge in [-0.3, -0.25) is 4.79 Å². The molecular formula is C19H21FN2O3. The van der Waals surface area contributed by atoms with E-state index in [1.807, 2.05) is 4.90 Å². The number of aromatic nitrogens is 1. The Morgan fingerprint density at radius 1 is 1.28 bits per heavy atom. The molecule has 2 aromatic rings. The Labute approximate surface area is 145 Å². The predicted molar refractivity (Wildman–Crippen MR) is 88.3 cm³/mol. The third-order valence-corrected chi connectivity index (χ3v) is 4.97. The molecule has 1 saturated heterocycles. The fraction of sp³-hybridized carbons (Fsp3) is 0.474. The van der Waals surface area contributed by atoms with Crippen LogP contribution in [-0.2, 0) is 16.0 Å². The van der Waals surface area contributed by atoms with Crippen LogP contribution in [0.2, 0.25) is 0 Å². The quantitative estimate of drug-likeness (QED) is 0.855. The van der Waals surface area contributed by atoms with Crippen LogP contribution in [-0.4, -0.2) is 35.5 Å². The van der Waals surface area contributed by atoms with Crippen molar-refractivity contribution in [3.8, 4) is 0 Å². The average Bonchev–Trinajstić information content (AvgIpc) is 3.04. The maximum Gasteiger partial charge on any atom is 0.225 e. The normalized spacial score (nSPS) is 21.2. The molecule has 1 aliphatic heterocycles. The number of carbonyl (C=O) groups excluding carboxylic acids is 1. The Hall–Kier alpha value is -2.21. The van der Waals surface area contributed by atoms with Crippen LogP contribution >= 0.6 is 0 Å². The summed E-state index contributed by atoms with van der Waals surface area (Å²) in [6.45, 7) is 1.62. The second kappa shape index (κ2) is 6.96. The molecule has 1 aliphatic carbocycles. The molecule has 1 aromatic heterocycles. The van der Waals surface area contributed by atoms with Gasteiger partial charge in [0.1, 0.15) is 11.6 Å². The molecule has 1 aromatic carbocycles. The largest absolute Gasteiger partial charge is 0.442 e. The van der Waals surface area contributed by atoms with Gasteiger partial charge in [0.05, 0.1) is 19.3 Å². The summed E-state index contributed by atoms with van der Waals surface area (Å²) in [6, 6.07) is 6.32. The molecule has 4 rings (SSSR count). The lowest BCUT2D eigenvalue weighted by molar-refractivity contribution is -0.146. The smallest absolute Gasteiger partial charge is 0.225 e. The highest BCUT2D eigenvalue weighted by atomic mass is 19.1. The van der Waals surface area contributed by atoms with E-state index in [2.05, 4.69) is 4.98 Å². The molecule has 0 N–H and O–H groups in total. The Bertz CT molecular complexity index is 739. The minimum atomic E-state index is -0.320. The number of ether oxygens (including phenoxy) is 1. The SMILES string of the molecule is O=C(C1CCC1)N1CCOC(c2ncc(Cc3ccc(F)cc3)o2)C1. The molecule has 6 heteroatoms.